The third-order valence-corrected chi connectivity index (χ3v) is 6.18. The number of carbonyl (C=O) groups excluding carboxylic acids is 1. The number of aliphatic imine (C=N–C) groups is 1. The van der Waals surface area contributed by atoms with Crippen molar-refractivity contribution < 1.29 is 9.53 Å². The summed E-state index contributed by atoms with van der Waals surface area (Å²) in [6.45, 7) is 3.74. The number of hydrogen-bond acceptors (Lipinski definition) is 5. The number of piperidine rings is 1. The average molecular weight is 431 g/mol. The van der Waals surface area contributed by atoms with E-state index in [1.807, 2.05) is 6.07 Å². The minimum absolute atomic E-state index is 0.109. The average Bonchev–Trinajstić information content (AvgIpc) is 2.82. The van der Waals surface area contributed by atoms with Gasteiger partial charge < -0.3 is 26.0 Å². The van der Waals surface area contributed by atoms with Crippen LogP contribution in [0.15, 0.2) is 23.3 Å². The Bertz CT molecular complexity index is 720. The molecule has 172 valence electrons. The lowest BCUT2D eigenvalue weighted by molar-refractivity contribution is -0.122. The van der Waals surface area contributed by atoms with E-state index in [9.17, 15) is 4.79 Å². The molecular formula is C23H38N6O2. The standard InChI is InChI=1S/C23H38N6O2/c1-25-23(27-13-7-15-31-20-10-3-2-4-11-20)28-16-18-8-5-12-26-22(18)29-14-6-9-19(17-29)21(24)30/h5,8,12,19-20H,2-4,6-7,9-11,13-17H2,1H3,(H2,24,30)(H2,25,27,28). The molecule has 2 fully saturated rings. The van der Waals surface area contributed by atoms with Crippen LogP contribution in [0.2, 0.25) is 0 Å². The maximum absolute atomic E-state index is 11.6. The van der Waals surface area contributed by atoms with Gasteiger partial charge in [0.1, 0.15) is 5.82 Å². The highest BCUT2D eigenvalue weighted by Crippen LogP contribution is 2.24. The molecular weight excluding hydrogens is 392 g/mol. The van der Waals surface area contributed by atoms with Crippen LogP contribution in [0, 0.1) is 5.92 Å². The van der Waals surface area contributed by atoms with Gasteiger partial charge in [0, 0.05) is 51.6 Å². The van der Waals surface area contributed by atoms with Gasteiger partial charge in [-0.25, -0.2) is 4.98 Å². The number of hydrogen-bond donors (Lipinski definition) is 3. The highest BCUT2D eigenvalue weighted by molar-refractivity contribution is 5.80. The molecule has 8 nitrogen and oxygen atoms in total. The first-order valence-electron chi connectivity index (χ1n) is 11.7. The van der Waals surface area contributed by atoms with Gasteiger partial charge in [-0.2, -0.15) is 0 Å². The summed E-state index contributed by atoms with van der Waals surface area (Å²) >= 11 is 0. The van der Waals surface area contributed by atoms with Crippen molar-refractivity contribution in [2.24, 2.45) is 16.6 Å². The van der Waals surface area contributed by atoms with Gasteiger partial charge >= 0.3 is 0 Å². The second-order valence-electron chi connectivity index (χ2n) is 8.51. The van der Waals surface area contributed by atoms with Gasteiger partial charge in [0.25, 0.3) is 0 Å². The summed E-state index contributed by atoms with van der Waals surface area (Å²) < 4.78 is 5.99. The van der Waals surface area contributed by atoms with Crippen LogP contribution in [0.1, 0.15) is 56.9 Å². The predicted molar refractivity (Wildman–Crippen MR) is 124 cm³/mol. The molecule has 0 aromatic carbocycles. The molecule has 1 amide bonds. The van der Waals surface area contributed by atoms with Crippen molar-refractivity contribution in [3.8, 4) is 0 Å². The van der Waals surface area contributed by atoms with Crippen LogP contribution in [0.4, 0.5) is 5.82 Å². The molecule has 1 saturated carbocycles. The first kappa shape index (κ1) is 23.3. The molecule has 3 rings (SSSR count). The molecule has 1 aromatic heterocycles. The Hall–Kier alpha value is -2.35. The van der Waals surface area contributed by atoms with Crippen molar-refractivity contribution >= 4 is 17.7 Å². The minimum atomic E-state index is -0.225. The van der Waals surface area contributed by atoms with Crippen molar-refractivity contribution in [2.45, 2.75) is 64.0 Å². The van der Waals surface area contributed by atoms with Crippen LogP contribution in [-0.2, 0) is 16.1 Å². The quantitative estimate of drug-likeness (QED) is 0.315. The lowest BCUT2D eigenvalue weighted by Gasteiger charge is -2.33. The number of aromatic nitrogens is 1. The van der Waals surface area contributed by atoms with Crippen molar-refractivity contribution in [2.75, 3.05) is 38.2 Å². The summed E-state index contributed by atoms with van der Waals surface area (Å²) in [7, 11) is 1.78. The number of nitrogens with two attached hydrogens (primary N) is 1. The lowest BCUT2D eigenvalue weighted by Crippen LogP contribution is -2.42. The second kappa shape index (κ2) is 12.5. The molecule has 31 heavy (non-hydrogen) atoms. The highest BCUT2D eigenvalue weighted by Gasteiger charge is 2.26. The zero-order valence-electron chi connectivity index (χ0n) is 18.8. The maximum atomic E-state index is 11.6. The van der Waals surface area contributed by atoms with Crippen LogP contribution in [0.3, 0.4) is 0 Å². The van der Waals surface area contributed by atoms with Gasteiger partial charge in [0.05, 0.1) is 12.0 Å². The minimum Gasteiger partial charge on any atom is -0.378 e. The molecule has 1 aliphatic heterocycles. The van der Waals surface area contributed by atoms with E-state index in [1.165, 1.54) is 32.1 Å². The third kappa shape index (κ3) is 7.38. The fourth-order valence-electron chi connectivity index (χ4n) is 4.42. The van der Waals surface area contributed by atoms with Gasteiger partial charge in [-0.3, -0.25) is 9.79 Å². The molecule has 1 aliphatic carbocycles. The van der Waals surface area contributed by atoms with E-state index >= 15 is 0 Å². The summed E-state index contributed by atoms with van der Waals surface area (Å²) in [6.07, 6.45) is 11.4. The Morgan fingerprint density at radius 3 is 2.87 bits per heavy atom. The van der Waals surface area contributed by atoms with Crippen molar-refractivity contribution in [3.05, 3.63) is 23.9 Å². The summed E-state index contributed by atoms with van der Waals surface area (Å²) in [4.78, 5) is 22.7. The van der Waals surface area contributed by atoms with E-state index in [0.717, 1.165) is 56.3 Å². The van der Waals surface area contributed by atoms with Crippen molar-refractivity contribution in [1.82, 2.24) is 15.6 Å². The lowest BCUT2D eigenvalue weighted by atomic mass is 9.97. The number of nitrogens with one attached hydrogen (secondary N) is 2. The van der Waals surface area contributed by atoms with Crippen molar-refractivity contribution in [1.29, 1.82) is 0 Å². The largest absolute Gasteiger partial charge is 0.378 e. The summed E-state index contributed by atoms with van der Waals surface area (Å²) in [6, 6.07) is 4.00. The Kier molecular flexibility index (Phi) is 9.39. The zero-order chi connectivity index (χ0) is 21.9. The van der Waals surface area contributed by atoms with Crippen LogP contribution >= 0.6 is 0 Å². The summed E-state index contributed by atoms with van der Waals surface area (Å²) in [5.74, 6) is 1.35. The first-order chi connectivity index (χ1) is 15.2. The van der Waals surface area contributed by atoms with E-state index in [0.29, 0.717) is 19.2 Å². The number of pyridine rings is 1. The van der Waals surface area contributed by atoms with Gasteiger partial charge in [-0.1, -0.05) is 25.3 Å². The Balaban J connectivity index is 1.43. The Labute approximate surface area is 186 Å². The molecule has 0 radical (unpaired) electrons. The number of ether oxygens (including phenoxy) is 1. The number of nitrogens with zero attached hydrogens (tertiary/aromatic N) is 3. The van der Waals surface area contributed by atoms with E-state index in [2.05, 4.69) is 31.6 Å². The number of amides is 1. The fourth-order valence-corrected chi connectivity index (χ4v) is 4.42. The summed E-state index contributed by atoms with van der Waals surface area (Å²) in [5, 5.41) is 6.74. The molecule has 2 aliphatic rings. The van der Waals surface area contributed by atoms with Gasteiger partial charge in [0.2, 0.25) is 5.91 Å². The highest BCUT2D eigenvalue weighted by atomic mass is 16.5. The maximum Gasteiger partial charge on any atom is 0.222 e. The van der Waals surface area contributed by atoms with Gasteiger partial charge in [0.15, 0.2) is 5.96 Å². The van der Waals surface area contributed by atoms with Gasteiger partial charge in [-0.15, -0.1) is 0 Å². The van der Waals surface area contributed by atoms with E-state index in [-0.39, 0.29) is 11.8 Å². The predicted octanol–water partition coefficient (Wildman–Crippen LogP) is 2.19. The van der Waals surface area contributed by atoms with Crippen LogP contribution < -0.4 is 21.3 Å². The SMILES string of the molecule is CN=C(NCCCOC1CCCCC1)NCc1cccnc1N1CCCC(C(N)=O)C1. The topological polar surface area (TPSA) is 105 Å². The van der Waals surface area contributed by atoms with E-state index < -0.39 is 0 Å². The number of guanidine groups is 1. The fraction of sp³-hybridized carbons (Fsp3) is 0.696. The third-order valence-electron chi connectivity index (χ3n) is 6.18. The van der Waals surface area contributed by atoms with Crippen molar-refractivity contribution in [3.63, 3.8) is 0 Å². The second-order valence-corrected chi connectivity index (χ2v) is 8.51. The molecule has 0 bridgehead atoms. The van der Waals surface area contributed by atoms with E-state index in [1.54, 1.807) is 13.2 Å². The molecule has 1 unspecified atom stereocenters. The number of rotatable bonds is 9. The molecule has 4 N–H and O–H groups in total. The smallest absolute Gasteiger partial charge is 0.222 e. The number of anilines is 1. The molecule has 1 atom stereocenters. The summed E-state index contributed by atoms with van der Waals surface area (Å²) in [5.41, 5.74) is 6.62. The normalized spacial score (nSPS) is 20.5. The van der Waals surface area contributed by atoms with Crippen LogP contribution in [0.25, 0.3) is 0 Å². The molecule has 1 saturated heterocycles. The number of primary amides is 1. The van der Waals surface area contributed by atoms with Gasteiger partial charge in [-0.05, 0) is 38.2 Å². The van der Waals surface area contributed by atoms with E-state index in [4.69, 9.17) is 10.5 Å². The van der Waals surface area contributed by atoms with Crippen LogP contribution in [-0.4, -0.2) is 56.2 Å². The molecule has 1 aromatic rings. The monoisotopic (exact) mass is 430 g/mol. The molecule has 0 spiro atoms. The molecule has 2 heterocycles. The Morgan fingerprint density at radius 1 is 1.26 bits per heavy atom. The zero-order valence-corrected chi connectivity index (χ0v) is 18.8. The molecule has 8 heteroatoms. The van der Waals surface area contributed by atoms with Crippen LogP contribution in [0.5, 0.6) is 0 Å². The first-order valence-corrected chi connectivity index (χ1v) is 11.7. The number of carbonyl (C=O) groups is 1. The Morgan fingerprint density at radius 2 is 2.10 bits per heavy atom.